The van der Waals surface area contributed by atoms with Crippen molar-refractivity contribution in [2.75, 3.05) is 0 Å². The van der Waals surface area contributed by atoms with Crippen molar-refractivity contribution in [3.8, 4) is 0 Å². The molecule has 0 bridgehead atoms. The second-order valence-electron chi connectivity index (χ2n) is 3.36. The Morgan fingerprint density at radius 3 is 1.87 bits per heavy atom. The second-order valence-corrected chi connectivity index (χ2v) is 3.36. The highest BCUT2D eigenvalue weighted by Crippen LogP contribution is 2.20. The second kappa shape index (κ2) is 3.20. The highest BCUT2D eigenvalue weighted by molar-refractivity contribution is 5.83. The van der Waals surface area contributed by atoms with E-state index >= 15 is 0 Å². The van der Waals surface area contributed by atoms with Gasteiger partial charge in [0.25, 0.3) is 0 Å². The number of hydrogen-bond donors (Lipinski definition) is 1. The summed E-state index contributed by atoms with van der Waals surface area (Å²) in [7, 11) is 0. The lowest BCUT2D eigenvalue weighted by molar-refractivity contribution is 1.22. The van der Waals surface area contributed by atoms with E-state index in [1.54, 1.807) is 12.4 Å². The quantitative estimate of drug-likeness (QED) is 0.700. The summed E-state index contributed by atoms with van der Waals surface area (Å²) in [5.74, 6) is 0. The monoisotopic (exact) mass is 195 g/mol. The topological polar surface area (TPSA) is 37.8 Å². The number of nitrogens with one attached hydrogen (secondary N) is 1. The summed E-state index contributed by atoms with van der Waals surface area (Å²) < 4.78 is 0. The summed E-state index contributed by atoms with van der Waals surface area (Å²) in [5.41, 5.74) is 4.17. The summed E-state index contributed by atoms with van der Waals surface area (Å²) >= 11 is 0. The molecule has 1 aliphatic heterocycles. The maximum atomic E-state index is 4.28. The van der Waals surface area contributed by atoms with Gasteiger partial charge in [-0.15, -0.1) is 0 Å². The van der Waals surface area contributed by atoms with Gasteiger partial charge in [-0.1, -0.05) is 0 Å². The predicted octanol–water partition coefficient (Wildman–Crippen LogP) is 2.17. The first-order valence-electron chi connectivity index (χ1n) is 4.77. The molecule has 2 aromatic rings. The third-order valence-electron chi connectivity index (χ3n) is 2.39. The molecule has 1 N–H and O–H groups in total. The Labute approximate surface area is 87.2 Å². The molecule has 1 aromatic carbocycles. The largest absolute Gasteiger partial charge is 0.368 e. The number of aromatic nitrogens is 2. The number of hydrogen-bond acceptors (Lipinski definition) is 3. The SMILES string of the molecule is C1=Cc2cc3nccnc3cc2C=CN1. The van der Waals surface area contributed by atoms with Crippen LogP contribution in [0.1, 0.15) is 11.1 Å². The standard InChI is InChI=1S/C12H9N3/c1-3-13-4-2-10-8-12-11(7-9(1)10)14-5-6-15-12/h1-8,13H. The average molecular weight is 195 g/mol. The van der Waals surface area contributed by atoms with Gasteiger partial charge in [0.1, 0.15) is 0 Å². The van der Waals surface area contributed by atoms with E-state index in [1.807, 2.05) is 36.7 Å². The molecule has 3 rings (SSSR count). The third-order valence-corrected chi connectivity index (χ3v) is 2.39. The van der Waals surface area contributed by atoms with Crippen LogP contribution in [-0.4, -0.2) is 9.97 Å². The molecule has 0 amide bonds. The molecule has 72 valence electrons. The van der Waals surface area contributed by atoms with Crippen LogP contribution in [0.5, 0.6) is 0 Å². The molecule has 15 heavy (non-hydrogen) atoms. The van der Waals surface area contributed by atoms with Crippen molar-refractivity contribution in [3.63, 3.8) is 0 Å². The van der Waals surface area contributed by atoms with E-state index in [-0.39, 0.29) is 0 Å². The Hall–Kier alpha value is -2.16. The molecule has 0 aliphatic carbocycles. The van der Waals surface area contributed by atoms with Crippen LogP contribution in [0.15, 0.2) is 36.9 Å². The van der Waals surface area contributed by atoms with E-state index < -0.39 is 0 Å². The number of fused-ring (bicyclic) bond motifs is 2. The van der Waals surface area contributed by atoms with E-state index in [0.717, 1.165) is 22.2 Å². The van der Waals surface area contributed by atoms with Gasteiger partial charge >= 0.3 is 0 Å². The molecule has 2 heterocycles. The number of benzene rings is 1. The maximum Gasteiger partial charge on any atom is 0.0893 e. The van der Waals surface area contributed by atoms with Crippen LogP contribution >= 0.6 is 0 Å². The molecule has 0 saturated heterocycles. The van der Waals surface area contributed by atoms with Crippen LogP contribution in [0, 0.1) is 0 Å². The minimum Gasteiger partial charge on any atom is -0.368 e. The molecular weight excluding hydrogens is 186 g/mol. The molecule has 0 saturated carbocycles. The minimum atomic E-state index is 0.927. The van der Waals surface area contributed by atoms with Gasteiger partial charge in [-0.2, -0.15) is 0 Å². The highest BCUT2D eigenvalue weighted by atomic mass is 14.8. The molecule has 1 aromatic heterocycles. The van der Waals surface area contributed by atoms with Gasteiger partial charge in [0, 0.05) is 24.8 Å². The molecule has 3 nitrogen and oxygen atoms in total. The van der Waals surface area contributed by atoms with Gasteiger partial charge in [0.2, 0.25) is 0 Å². The normalized spacial score (nSPS) is 13.3. The molecular formula is C12H9N3. The highest BCUT2D eigenvalue weighted by Gasteiger charge is 2.03. The lowest BCUT2D eigenvalue weighted by atomic mass is 10.1. The van der Waals surface area contributed by atoms with Crippen molar-refractivity contribution in [1.82, 2.24) is 15.3 Å². The van der Waals surface area contributed by atoms with Crippen LogP contribution in [0.2, 0.25) is 0 Å². The molecule has 1 aliphatic rings. The Morgan fingerprint density at radius 1 is 0.800 bits per heavy atom. The van der Waals surface area contributed by atoms with Crippen molar-refractivity contribution < 1.29 is 0 Å². The molecule has 0 atom stereocenters. The summed E-state index contributed by atoms with van der Waals surface area (Å²) in [6.07, 6.45) is 11.3. The Bertz CT molecular complexity index is 520. The van der Waals surface area contributed by atoms with E-state index in [4.69, 9.17) is 0 Å². The molecule has 0 fully saturated rings. The Balaban J connectivity index is 2.35. The van der Waals surface area contributed by atoms with E-state index in [1.165, 1.54) is 0 Å². The number of rotatable bonds is 0. The van der Waals surface area contributed by atoms with Gasteiger partial charge < -0.3 is 5.32 Å². The summed E-state index contributed by atoms with van der Waals surface area (Å²) in [5, 5.41) is 3.05. The van der Waals surface area contributed by atoms with Gasteiger partial charge in [0.05, 0.1) is 11.0 Å². The van der Waals surface area contributed by atoms with Gasteiger partial charge in [-0.25, -0.2) is 0 Å². The molecule has 0 unspecified atom stereocenters. The van der Waals surface area contributed by atoms with Crippen LogP contribution in [0.4, 0.5) is 0 Å². The minimum absolute atomic E-state index is 0.927. The van der Waals surface area contributed by atoms with Gasteiger partial charge in [-0.05, 0) is 35.4 Å². The van der Waals surface area contributed by atoms with Gasteiger partial charge in [0.15, 0.2) is 0 Å². The van der Waals surface area contributed by atoms with Crippen LogP contribution < -0.4 is 5.32 Å². The first-order valence-corrected chi connectivity index (χ1v) is 4.77. The molecule has 0 radical (unpaired) electrons. The summed E-state index contributed by atoms with van der Waals surface area (Å²) in [6.45, 7) is 0. The Morgan fingerprint density at radius 2 is 1.33 bits per heavy atom. The molecule has 0 spiro atoms. The average Bonchev–Trinajstić information content (AvgIpc) is 2.50. The van der Waals surface area contributed by atoms with E-state index in [2.05, 4.69) is 15.3 Å². The third kappa shape index (κ3) is 1.38. The van der Waals surface area contributed by atoms with Crippen molar-refractivity contribution >= 4 is 23.2 Å². The summed E-state index contributed by atoms with van der Waals surface area (Å²) in [6, 6.07) is 4.09. The van der Waals surface area contributed by atoms with Crippen LogP contribution in [-0.2, 0) is 0 Å². The van der Waals surface area contributed by atoms with Gasteiger partial charge in [-0.3, -0.25) is 9.97 Å². The van der Waals surface area contributed by atoms with Crippen molar-refractivity contribution in [1.29, 1.82) is 0 Å². The predicted molar refractivity (Wildman–Crippen MR) is 60.7 cm³/mol. The fraction of sp³-hybridized carbons (Fsp3) is 0. The van der Waals surface area contributed by atoms with E-state index in [9.17, 15) is 0 Å². The zero-order chi connectivity index (χ0) is 10.1. The molecule has 3 heteroatoms. The lowest BCUT2D eigenvalue weighted by Crippen LogP contribution is -1.87. The fourth-order valence-corrected chi connectivity index (χ4v) is 1.66. The zero-order valence-corrected chi connectivity index (χ0v) is 8.01. The first kappa shape index (κ1) is 8.17. The van der Waals surface area contributed by atoms with E-state index in [0.29, 0.717) is 0 Å². The zero-order valence-electron chi connectivity index (χ0n) is 8.01. The lowest BCUT2D eigenvalue weighted by Gasteiger charge is -2.02. The van der Waals surface area contributed by atoms with Crippen molar-refractivity contribution in [2.45, 2.75) is 0 Å². The summed E-state index contributed by atoms with van der Waals surface area (Å²) in [4.78, 5) is 8.56. The Kier molecular flexibility index (Phi) is 1.75. The smallest absolute Gasteiger partial charge is 0.0893 e. The van der Waals surface area contributed by atoms with Crippen molar-refractivity contribution in [2.24, 2.45) is 0 Å². The van der Waals surface area contributed by atoms with Crippen LogP contribution in [0.25, 0.3) is 23.2 Å². The number of nitrogens with zero attached hydrogens (tertiary/aromatic N) is 2. The van der Waals surface area contributed by atoms with Crippen LogP contribution in [0.3, 0.4) is 0 Å². The maximum absolute atomic E-state index is 4.28. The first-order chi connectivity index (χ1) is 7.43. The fourth-order valence-electron chi connectivity index (χ4n) is 1.66. The van der Waals surface area contributed by atoms with Crippen molar-refractivity contribution in [3.05, 3.63) is 48.1 Å².